The van der Waals surface area contributed by atoms with Crippen molar-refractivity contribution >= 4 is 33.2 Å². The summed E-state index contributed by atoms with van der Waals surface area (Å²) in [6.07, 6.45) is 0.904. The highest BCUT2D eigenvalue weighted by atomic mass is 35.5. The molecule has 0 unspecified atom stereocenters. The van der Waals surface area contributed by atoms with Crippen molar-refractivity contribution < 1.29 is 0 Å². The SMILES string of the molecule is CCc1cc2c(=O)n(-c3ccccc3Cl)c(CN3CCN(CC)CC3)nc2s1. The second kappa shape index (κ2) is 8.33. The summed E-state index contributed by atoms with van der Waals surface area (Å²) in [5.74, 6) is 0.764. The Balaban J connectivity index is 1.80. The fraction of sp³-hybridized carbons (Fsp3) is 0.429. The van der Waals surface area contributed by atoms with E-state index < -0.39 is 0 Å². The molecular weight excluding hydrogens is 392 g/mol. The van der Waals surface area contributed by atoms with E-state index in [9.17, 15) is 4.79 Å². The Morgan fingerprint density at radius 1 is 1.11 bits per heavy atom. The van der Waals surface area contributed by atoms with Crippen LogP contribution in [0.15, 0.2) is 35.1 Å². The van der Waals surface area contributed by atoms with Gasteiger partial charge in [0.05, 0.1) is 22.6 Å². The number of halogens is 1. The van der Waals surface area contributed by atoms with E-state index in [0.717, 1.165) is 49.8 Å². The van der Waals surface area contributed by atoms with E-state index in [4.69, 9.17) is 16.6 Å². The lowest BCUT2D eigenvalue weighted by molar-refractivity contribution is 0.129. The van der Waals surface area contributed by atoms with Gasteiger partial charge in [-0.15, -0.1) is 11.3 Å². The smallest absolute Gasteiger partial charge is 0.266 e. The van der Waals surface area contributed by atoms with Crippen molar-refractivity contribution in [2.45, 2.75) is 26.8 Å². The monoisotopic (exact) mass is 416 g/mol. The summed E-state index contributed by atoms with van der Waals surface area (Å²) in [6, 6.07) is 9.48. The summed E-state index contributed by atoms with van der Waals surface area (Å²) in [4.78, 5) is 25.2. The Labute approximate surface area is 174 Å². The molecule has 3 aromatic rings. The molecular formula is C21H25ClN4OS. The van der Waals surface area contributed by atoms with Crippen LogP contribution in [0.3, 0.4) is 0 Å². The molecule has 2 aromatic heterocycles. The van der Waals surface area contributed by atoms with Crippen LogP contribution in [0.1, 0.15) is 24.5 Å². The Morgan fingerprint density at radius 2 is 1.82 bits per heavy atom. The van der Waals surface area contributed by atoms with Gasteiger partial charge in [-0.05, 0) is 31.2 Å². The van der Waals surface area contributed by atoms with Gasteiger partial charge in [0.2, 0.25) is 0 Å². The number of aromatic nitrogens is 2. The molecule has 1 fully saturated rings. The predicted molar refractivity (Wildman–Crippen MR) is 117 cm³/mol. The topological polar surface area (TPSA) is 41.4 Å². The maximum atomic E-state index is 13.4. The summed E-state index contributed by atoms with van der Waals surface area (Å²) in [5.41, 5.74) is 0.672. The van der Waals surface area contributed by atoms with Crippen LogP contribution in [-0.2, 0) is 13.0 Å². The average Bonchev–Trinajstić information content (AvgIpc) is 3.13. The number of para-hydroxylation sites is 1. The Kier molecular flexibility index (Phi) is 5.83. The molecule has 0 amide bonds. The molecule has 7 heteroatoms. The second-order valence-electron chi connectivity index (χ2n) is 7.12. The molecule has 5 nitrogen and oxygen atoms in total. The number of thiophene rings is 1. The largest absolute Gasteiger partial charge is 0.301 e. The highest BCUT2D eigenvalue weighted by molar-refractivity contribution is 7.18. The number of nitrogens with zero attached hydrogens (tertiary/aromatic N) is 4. The molecule has 0 bridgehead atoms. The van der Waals surface area contributed by atoms with E-state index in [2.05, 4.69) is 23.6 Å². The van der Waals surface area contributed by atoms with Crippen LogP contribution in [-0.4, -0.2) is 52.1 Å². The molecule has 1 aliphatic heterocycles. The number of piperazine rings is 1. The average molecular weight is 417 g/mol. The van der Waals surface area contributed by atoms with Crippen LogP contribution in [0.5, 0.6) is 0 Å². The summed E-state index contributed by atoms with van der Waals surface area (Å²) < 4.78 is 1.71. The Morgan fingerprint density at radius 3 is 2.50 bits per heavy atom. The Bertz CT molecular complexity index is 1040. The molecule has 0 spiro atoms. The van der Waals surface area contributed by atoms with E-state index in [1.54, 1.807) is 15.9 Å². The van der Waals surface area contributed by atoms with Crippen LogP contribution in [0.25, 0.3) is 15.9 Å². The molecule has 1 saturated heterocycles. The molecule has 4 rings (SSSR count). The Hall–Kier alpha value is -1.73. The van der Waals surface area contributed by atoms with Crippen molar-refractivity contribution in [1.29, 1.82) is 0 Å². The molecule has 0 aliphatic carbocycles. The number of benzene rings is 1. The summed E-state index contributed by atoms with van der Waals surface area (Å²) in [7, 11) is 0. The standard InChI is InChI=1S/C21H25ClN4OS/c1-3-15-13-16-20(28-15)23-19(14-25-11-9-24(4-2)10-12-25)26(21(16)27)18-8-6-5-7-17(18)22/h5-8,13H,3-4,9-12,14H2,1-2H3. The number of hydrogen-bond acceptors (Lipinski definition) is 5. The molecule has 28 heavy (non-hydrogen) atoms. The molecule has 0 radical (unpaired) electrons. The van der Waals surface area contributed by atoms with Crippen molar-refractivity contribution in [2.24, 2.45) is 0 Å². The molecule has 148 valence electrons. The van der Waals surface area contributed by atoms with Gasteiger partial charge in [0.1, 0.15) is 10.7 Å². The first-order valence-corrected chi connectivity index (χ1v) is 11.0. The van der Waals surface area contributed by atoms with Crippen LogP contribution in [0.2, 0.25) is 5.02 Å². The fourth-order valence-electron chi connectivity index (χ4n) is 3.70. The van der Waals surface area contributed by atoms with Gasteiger partial charge in [0.15, 0.2) is 0 Å². The maximum absolute atomic E-state index is 13.4. The number of hydrogen-bond donors (Lipinski definition) is 0. The van der Waals surface area contributed by atoms with E-state index in [1.165, 1.54) is 4.88 Å². The van der Waals surface area contributed by atoms with Crippen molar-refractivity contribution in [3.63, 3.8) is 0 Å². The maximum Gasteiger partial charge on any atom is 0.266 e. The lowest BCUT2D eigenvalue weighted by atomic mass is 10.2. The zero-order chi connectivity index (χ0) is 19.7. The van der Waals surface area contributed by atoms with E-state index in [1.807, 2.05) is 30.3 Å². The van der Waals surface area contributed by atoms with Crippen LogP contribution < -0.4 is 5.56 Å². The van der Waals surface area contributed by atoms with Gasteiger partial charge in [-0.2, -0.15) is 0 Å². The van der Waals surface area contributed by atoms with Gasteiger partial charge in [-0.25, -0.2) is 4.98 Å². The van der Waals surface area contributed by atoms with Crippen molar-refractivity contribution in [3.8, 4) is 5.69 Å². The predicted octanol–water partition coefficient (Wildman–Crippen LogP) is 3.80. The van der Waals surface area contributed by atoms with Gasteiger partial charge < -0.3 is 4.90 Å². The molecule has 3 heterocycles. The first kappa shape index (κ1) is 19.6. The van der Waals surface area contributed by atoms with E-state index in [-0.39, 0.29) is 5.56 Å². The van der Waals surface area contributed by atoms with Crippen molar-refractivity contribution in [3.05, 3.63) is 56.4 Å². The lowest BCUT2D eigenvalue weighted by Gasteiger charge is -2.34. The van der Waals surface area contributed by atoms with Gasteiger partial charge in [0, 0.05) is 31.1 Å². The fourth-order valence-corrected chi connectivity index (χ4v) is 4.89. The highest BCUT2D eigenvalue weighted by Crippen LogP contribution is 2.26. The number of aryl methyl sites for hydroxylation is 1. The summed E-state index contributed by atoms with van der Waals surface area (Å²) in [5, 5.41) is 1.25. The van der Waals surface area contributed by atoms with Crippen LogP contribution in [0, 0.1) is 0 Å². The lowest BCUT2D eigenvalue weighted by Crippen LogP contribution is -2.46. The third-order valence-electron chi connectivity index (χ3n) is 5.40. The third-order valence-corrected chi connectivity index (χ3v) is 6.90. The third kappa shape index (κ3) is 3.74. The molecule has 1 aliphatic rings. The number of likely N-dealkylation sites (N-methyl/N-ethyl adjacent to an activating group) is 1. The minimum atomic E-state index is -0.0313. The van der Waals surface area contributed by atoms with Gasteiger partial charge in [0.25, 0.3) is 5.56 Å². The van der Waals surface area contributed by atoms with E-state index >= 15 is 0 Å². The van der Waals surface area contributed by atoms with Gasteiger partial charge >= 0.3 is 0 Å². The minimum absolute atomic E-state index is 0.0313. The number of rotatable bonds is 5. The minimum Gasteiger partial charge on any atom is -0.301 e. The molecule has 0 N–H and O–H groups in total. The van der Waals surface area contributed by atoms with Crippen LogP contribution >= 0.6 is 22.9 Å². The van der Waals surface area contributed by atoms with Crippen molar-refractivity contribution in [2.75, 3.05) is 32.7 Å². The number of fused-ring (bicyclic) bond motifs is 1. The summed E-state index contributed by atoms with van der Waals surface area (Å²) >= 11 is 8.08. The van der Waals surface area contributed by atoms with Gasteiger partial charge in [-0.3, -0.25) is 14.3 Å². The van der Waals surface area contributed by atoms with Crippen LogP contribution in [0.4, 0.5) is 0 Å². The quantitative estimate of drug-likeness (QED) is 0.634. The normalized spacial score (nSPS) is 16.1. The van der Waals surface area contributed by atoms with E-state index in [0.29, 0.717) is 22.6 Å². The highest BCUT2D eigenvalue weighted by Gasteiger charge is 2.21. The van der Waals surface area contributed by atoms with Gasteiger partial charge in [-0.1, -0.05) is 37.6 Å². The first-order chi connectivity index (χ1) is 13.6. The molecule has 0 atom stereocenters. The zero-order valence-electron chi connectivity index (χ0n) is 16.3. The molecule has 1 aromatic carbocycles. The zero-order valence-corrected chi connectivity index (χ0v) is 17.9. The second-order valence-corrected chi connectivity index (χ2v) is 8.64. The molecule has 0 saturated carbocycles. The first-order valence-electron chi connectivity index (χ1n) is 9.84. The summed E-state index contributed by atoms with van der Waals surface area (Å²) in [6.45, 7) is 10.1. The van der Waals surface area contributed by atoms with Crippen molar-refractivity contribution in [1.82, 2.24) is 19.4 Å².